The van der Waals surface area contributed by atoms with Crippen LogP contribution in [0, 0.1) is 5.82 Å². The number of hydrogen-bond donors (Lipinski definition) is 0. The fourth-order valence-electron chi connectivity index (χ4n) is 5.13. The maximum atomic E-state index is 15.0. The van der Waals surface area contributed by atoms with E-state index in [4.69, 9.17) is 11.6 Å². The van der Waals surface area contributed by atoms with Gasteiger partial charge in [-0.1, -0.05) is 72.3 Å². The Morgan fingerprint density at radius 1 is 0.912 bits per heavy atom. The Bertz CT molecular complexity index is 1210. The Morgan fingerprint density at radius 3 is 2.47 bits per heavy atom. The highest BCUT2D eigenvalue weighted by Crippen LogP contribution is 2.42. The second-order valence-corrected chi connectivity index (χ2v) is 9.55. The predicted molar refractivity (Wildman–Crippen MR) is 138 cm³/mol. The van der Waals surface area contributed by atoms with Crippen LogP contribution in [0.15, 0.2) is 72.3 Å². The summed E-state index contributed by atoms with van der Waals surface area (Å²) < 4.78 is 27.4. The van der Waals surface area contributed by atoms with E-state index in [1.54, 1.807) is 12.1 Å². The van der Waals surface area contributed by atoms with Crippen molar-refractivity contribution in [3.05, 3.63) is 111 Å². The van der Waals surface area contributed by atoms with Crippen LogP contribution < -0.4 is 0 Å². The van der Waals surface area contributed by atoms with Crippen LogP contribution in [-0.4, -0.2) is 31.2 Å². The van der Waals surface area contributed by atoms with Crippen molar-refractivity contribution in [2.24, 2.45) is 0 Å². The lowest BCUT2D eigenvalue weighted by Crippen LogP contribution is -2.40. The van der Waals surface area contributed by atoms with Crippen molar-refractivity contribution >= 4 is 28.8 Å². The van der Waals surface area contributed by atoms with Crippen LogP contribution in [0.25, 0.3) is 17.2 Å². The van der Waals surface area contributed by atoms with Gasteiger partial charge in [0.1, 0.15) is 5.82 Å². The highest BCUT2D eigenvalue weighted by molar-refractivity contribution is 6.32. The zero-order chi connectivity index (χ0) is 23.5. The lowest BCUT2D eigenvalue weighted by molar-refractivity contribution is 0.239. The molecule has 0 spiro atoms. The predicted octanol–water partition coefficient (Wildman–Crippen LogP) is 7.83. The molecule has 1 heterocycles. The monoisotopic (exact) mass is 475 g/mol. The molecule has 1 aliphatic carbocycles. The van der Waals surface area contributed by atoms with Crippen LogP contribution in [0.2, 0.25) is 5.02 Å². The Hall–Kier alpha value is -2.75. The molecule has 3 aromatic carbocycles. The van der Waals surface area contributed by atoms with Crippen molar-refractivity contribution < 1.29 is 8.78 Å². The number of hydrogen-bond acceptors (Lipinski definition) is 1. The second-order valence-electron chi connectivity index (χ2n) is 9.14. The number of likely N-dealkylation sites (tertiary alicyclic amines) is 1. The highest BCUT2D eigenvalue weighted by atomic mass is 35.5. The minimum atomic E-state index is -0.275. The van der Waals surface area contributed by atoms with E-state index in [2.05, 4.69) is 59.5 Å². The number of alkyl halides is 1. The van der Waals surface area contributed by atoms with Gasteiger partial charge in [-0.05, 0) is 76.8 Å². The number of fused-ring (bicyclic) bond motifs is 1. The Balaban J connectivity index is 1.53. The summed E-state index contributed by atoms with van der Waals surface area (Å²) in [6, 6.07) is 21.9. The first-order chi connectivity index (χ1) is 16.6. The van der Waals surface area contributed by atoms with Crippen molar-refractivity contribution in [2.45, 2.75) is 25.7 Å². The van der Waals surface area contributed by atoms with Gasteiger partial charge in [0.15, 0.2) is 0 Å². The third-order valence-corrected chi connectivity index (χ3v) is 7.07. The molecule has 3 aromatic rings. The number of benzene rings is 3. The van der Waals surface area contributed by atoms with Crippen molar-refractivity contribution in [3.8, 4) is 0 Å². The van der Waals surface area contributed by atoms with Gasteiger partial charge in [-0.2, -0.15) is 0 Å². The van der Waals surface area contributed by atoms with Crippen molar-refractivity contribution in [3.63, 3.8) is 0 Å². The largest absolute Gasteiger partial charge is 0.295 e. The fourth-order valence-corrected chi connectivity index (χ4v) is 5.41. The van der Waals surface area contributed by atoms with E-state index in [1.807, 2.05) is 0 Å². The Morgan fingerprint density at radius 2 is 1.71 bits per heavy atom. The van der Waals surface area contributed by atoms with E-state index in [9.17, 15) is 4.39 Å². The maximum absolute atomic E-state index is 15.0. The molecule has 0 atom stereocenters. The molecule has 0 aromatic heterocycles. The van der Waals surface area contributed by atoms with Gasteiger partial charge in [0.2, 0.25) is 0 Å². The molecule has 5 rings (SSSR count). The molecule has 0 saturated carbocycles. The minimum absolute atomic E-state index is 0.254. The van der Waals surface area contributed by atoms with Crippen LogP contribution >= 0.6 is 11.6 Å². The molecule has 1 aliphatic heterocycles. The number of halogens is 3. The first-order valence-corrected chi connectivity index (χ1v) is 12.4. The quantitative estimate of drug-likeness (QED) is 0.351. The molecule has 0 bridgehead atoms. The van der Waals surface area contributed by atoms with Gasteiger partial charge in [0.25, 0.3) is 0 Å². The van der Waals surface area contributed by atoms with Gasteiger partial charge >= 0.3 is 0 Å². The SMILES string of the molecule is FCCCN1CC(=Cc2ccc(C3=C(c4c(F)cccc4Cl)CCCc4ccccc43)cc2)C1. The molecule has 4 heteroatoms. The first-order valence-electron chi connectivity index (χ1n) is 12.0. The third kappa shape index (κ3) is 4.73. The zero-order valence-electron chi connectivity index (χ0n) is 19.2. The topological polar surface area (TPSA) is 3.24 Å². The molecule has 1 saturated heterocycles. The molecule has 2 aliphatic rings. The molecule has 0 amide bonds. The molecule has 1 nitrogen and oxygen atoms in total. The molecule has 174 valence electrons. The normalized spacial score (nSPS) is 16.1. The maximum Gasteiger partial charge on any atom is 0.132 e. The van der Waals surface area contributed by atoms with E-state index in [0.717, 1.165) is 66.7 Å². The summed E-state index contributed by atoms with van der Waals surface area (Å²) in [7, 11) is 0. The molecule has 1 fully saturated rings. The average molecular weight is 476 g/mol. The first kappa shape index (κ1) is 23.0. The Labute approximate surface area is 205 Å². The lowest BCUT2D eigenvalue weighted by atomic mass is 9.87. The number of rotatable bonds is 6. The zero-order valence-corrected chi connectivity index (χ0v) is 19.9. The number of nitrogens with zero attached hydrogens (tertiary/aromatic N) is 1. The summed E-state index contributed by atoms with van der Waals surface area (Å²) in [5, 5.41) is 0.454. The van der Waals surface area contributed by atoms with Crippen LogP contribution in [0.4, 0.5) is 8.78 Å². The van der Waals surface area contributed by atoms with Gasteiger partial charge < -0.3 is 0 Å². The van der Waals surface area contributed by atoms with Gasteiger partial charge in [0.05, 0.1) is 11.7 Å². The van der Waals surface area contributed by atoms with Gasteiger partial charge in [-0.25, -0.2) is 4.39 Å². The van der Waals surface area contributed by atoms with Crippen molar-refractivity contribution in [1.82, 2.24) is 4.90 Å². The van der Waals surface area contributed by atoms with E-state index < -0.39 is 0 Å². The second kappa shape index (κ2) is 10.2. The van der Waals surface area contributed by atoms with Crippen molar-refractivity contribution in [1.29, 1.82) is 0 Å². The fraction of sp³-hybridized carbons (Fsp3) is 0.267. The number of allylic oxidation sites excluding steroid dienone is 1. The van der Waals surface area contributed by atoms with Crippen LogP contribution in [0.1, 0.15) is 47.1 Å². The van der Waals surface area contributed by atoms with E-state index in [0.29, 0.717) is 17.0 Å². The molecule has 0 N–H and O–H groups in total. The van der Waals surface area contributed by atoms with Crippen LogP contribution in [0.5, 0.6) is 0 Å². The molecular weight excluding hydrogens is 448 g/mol. The lowest BCUT2D eigenvalue weighted by Gasteiger charge is -2.33. The third-order valence-electron chi connectivity index (χ3n) is 6.76. The van der Waals surface area contributed by atoms with Gasteiger partial charge in [-0.15, -0.1) is 0 Å². The summed E-state index contributed by atoms with van der Waals surface area (Å²) in [6.45, 7) is 2.39. The van der Waals surface area contributed by atoms with E-state index in [1.165, 1.54) is 17.2 Å². The summed E-state index contributed by atoms with van der Waals surface area (Å²) >= 11 is 6.54. The summed E-state index contributed by atoms with van der Waals surface area (Å²) in [5.41, 5.74) is 8.59. The van der Waals surface area contributed by atoms with Crippen molar-refractivity contribution in [2.75, 3.05) is 26.3 Å². The molecule has 0 unspecified atom stereocenters. The Kier molecular flexibility index (Phi) is 6.94. The molecule has 0 radical (unpaired) electrons. The molecular formula is C30H28ClF2N. The van der Waals surface area contributed by atoms with Crippen LogP contribution in [-0.2, 0) is 6.42 Å². The summed E-state index contributed by atoms with van der Waals surface area (Å²) in [5.74, 6) is -0.275. The van der Waals surface area contributed by atoms with E-state index in [-0.39, 0.29) is 12.5 Å². The van der Waals surface area contributed by atoms with Crippen LogP contribution in [0.3, 0.4) is 0 Å². The van der Waals surface area contributed by atoms with Gasteiger partial charge in [0, 0.05) is 25.2 Å². The number of aryl methyl sites for hydroxylation is 1. The van der Waals surface area contributed by atoms with Gasteiger partial charge in [-0.3, -0.25) is 9.29 Å². The smallest absolute Gasteiger partial charge is 0.132 e. The summed E-state index contributed by atoms with van der Waals surface area (Å²) in [4.78, 5) is 2.26. The highest BCUT2D eigenvalue weighted by Gasteiger charge is 2.23. The minimum Gasteiger partial charge on any atom is -0.295 e. The molecule has 34 heavy (non-hydrogen) atoms. The van der Waals surface area contributed by atoms with E-state index >= 15 is 4.39 Å². The average Bonchev–Trinajstić information content (AvgIpc) is 3.00. The standard InChI is InChI=1S/C30H28ClF2N/c31-27-10-4-11-28(33)30(27)26-9-3-7-23-6-1-2-8-25(23)29(26)24-14-12-21(13-15-24)18-22-19-34(20-22)17-5-16-32/h1-2,4,6,8,10-15,18H,3,5,7,9,16-17,19-20H2. The summed E-state index contributed by atoms with van der Waals surface area (Å²) in [6.07, 6.45) is 5.50.